The lowest BCUT2D eigenvalue weighted by atomic mass is 9.62. The first kappa shape index (κ1) is 15.4. The van der Waals surface area contributed by atoms with Crippen molar-refractivity contribution in [1.29, 1.82) is 0 Å². The van der Waals surface area contributed by atoms with Crippen molar-refractivity contribution in [2.75, 3.05) is 0 Å². The molecule has 2 aromatic rings. The summed E-state index contributed by atoms with van der Waals surface area (Å²) in [5.74, 6) is 0.995. The van der Waals surface area contributed by atoms with Crippen LogP contribution in [0.4, 0.5) is 4.39 Å². The van der Waals surface area contributed by atoms with Crippen LogP contribution in [0.3, 0.4) is 0 Å². The number of H-pyrrole nitrogens is 1. The second kappa shape index (κ2) is 5.56. The molecule has 132 valence electrons. The first-order valence-electron chi connectivity index (χ1n) is 9.35. The number of benzene rings is 1. The predicted molar refractivity (Wildman–Crippen MR) is 92.5 cm³/mol. The maximum absolute atomic E-state index is 13.3. The van der Waals surface area contributed by atoms with Crippen molar-refractivity contribution < 1.29 is 14.3 Å². The van der Waals surface area contributed by atoms with Crippen LogP contribution in [0.1, 0.15) is 37.7 Å². The molecule has 3 heterocycles. The SMILES string of the molecule is O=C(CCc1c[nH]c2cc(F)ccc12)N1C2CC3CC(C2)C(O)C1C3. The van der Waals surface area contributed by atoms with Gasteiger partial charge in [0, 0.05) is 29.6 Å². The van der Waals surface area contributed by atoms with Crippen molar-refractivity contribution in [3.05, 3.63) is 35.8 Å². The number of halogens is 1. The molecule has 2 saturated carbocycles. The first-order valence-corrected chi connectivity index (χ1v) is 9.35. The van der Waals surface area contributed by atoms with Crippen LogP contribution in [-0.2, 0) is 11.2 Å². The highest BCUT2D eigenvalue weighted by atomic mass is 19.1. The van der Waals surface area contributed by atoms with Gasteiger partial charge in [-0.3, -0.25) is 4.79 Å². The Labute approximate surface area is 146 Å². The summed E-state index contributed by atoms with van der Waals surface area (Å²) in [7, 11) is 0. The van der Waals surface area contributed by atoms with Crippen LogP contribution in [0, 0.1) is 17.7 Å². The summed E-state index contributed by atoms with van der Waals surface area (Å²) in [6.07, 6.45) is 6.80. The number of nitrogens with zero attached hydrogens (tertiary/aromatic N) is 1. The first-order chi connectivity index (χ1) is 12.1. The zero-order chi connectivity index (χ0) is 17.1. The molecule has 25 heavy (non-hydrogen) atoms. The summed E-state index contributed by atoms with van der Waals surface area (Å²) in [4.78, 5) is 18.0. The summed E-state index contributed by atoms with van der Waals surface area (Å²) in [5.41, 5.74) is 1.82. The molecule has 2 aliphatic carbocycles. The summed E-state index contributed by atoms with van der Waals surface area (Å²) in [5, 5.41) is 11.5. The number of carbonyl (C=O) groups excluding carboxylic acids is 1. The highest BCUT2D eigenvalue weighted by Crippen LogP contribution is 2.49. The van der Waals surface area contributed by atoms with E-state index in [0.29, 0.717) is 30.7 Å². The topological polar surface area (TPSA) is 56.3 Å². The molecule has 2 N–H and O–H groups in total. The molecule has 5 unspecified atom stereocenters. The van der Waals surface area contributed by atoms with Crippen LogP contribution >= 0.6 is 0 Å². The van der Waals surface area contributed by atoms with Crippen LogP contribution in [0.2, 0.25) is 0 Å². The molecule has 4 nitrogen and oxygen atoms in total. The summed E-state index contributed by atoms with van der Waals surface area (Å²) < 4.78 is 13.3. The second-order valence-electron chi connectivity index (χ2n) is 8.09. The molecule has 5 atom stereocenters. The number of aryl methyl sites for hydroxylation is 1. The van der Waals surface area contributed by atoms with E-state index in [0.717, 1.165) is 42.1 Å². The van der Waals surface area contributed by atoms with Gasteiger partial charge in [-0.1, -0.05) is 0 Å². The number of carbonyl (C=O) groups is 1. The van der Waals surface area contributed by atoms with Gasteiger partial charge in [0.15, 0.2) is 0 Å². The Balaban J connectivity index is 1.32. The third-order valence-corrected chi connectivity index (χ3v) is 6.64. The minimum atomic E-state index is -0.340. The van der Waals surface area contributed by atoms with Crippen LogP contribution in [0.5, 0.6) is 0 Å². The maximum atomic E-state index is 13.3. The van der Waals surface area contributed by atoms with Crippen molar-refractivity contribution in [1.82, 2.24) is 9.88 Å². The standard InChI is InChI=1S/C20H23FN2O2/c21-14-2-3-16-12(10-22-17(16)9-14)1-4-19(24)23-15-6-11-5-13(8-15)20(25)18(23)7-11/h2-3,9-11,13,15,18,20,22,25H,1,4-8H2. The molecule has 4 bridgehead atoms. The third-order valence-electron chi connectivity index (χ3n) is 6.64. The number of aromatic nitrogens is 1. The number of fused-ring (bicyclic) bond motifs is 1. The molecule has 0 spiro atoms. The molecule has 2 saturated heterocycles. The van der Waals surface area contributed by atoms with Gasteiger partial charge in [-0.15, -0.1) is 0 Å². The Morgan fingerprint density at radius 3 is 3.04 bits per heavy atom. The Morgan fingerprint density at radius 1 is 1.28 bits per heavy atom. The highest BCUT2D eigenvalue weighted by Gasteiger charge is 2.53. The fraction of sp³-hybridized carbons (Fsp3) is 0.550. The summed E-state index contributed by atoms with van der Waals surface area (Å²) in [6, 6.07) is 5.07. The summed E-state index contributed by atoms with van der Waals surface area (Å²) >= 11 is 0. The lowest BCUT2D eigenvalue weighted by Crippen LogP contribution is -2.66. The molecular weight excluding hydrogens is 319 g/mol. The number of hydrogen-bond donors (Lipinski definition) is 2. The Morgan fingerprint density at radius 2 is 2.16 bits per heavy atom. The predicted octanol–water partition coefficient (Wildman–Crippen LogP) is 3.00. The molecule has 1 aromatic heterocycles. The second-order valence-corrected chi connectivity index (χ2v) is 8.09. The molecule has 5 heteroatoms. The minimum absolute atomic E-state index is 0.0285. The average Bonchev–Trinajstić information content (AvgIpc) is 2.99. The van der Waals surface area contributed by atoms with E-state index in [9.17, 15) is 14.3 Å². The number of hydrogen-bond acceptors (Lipinski definition) is 2. The van der Waals surface area contributed by atoms with Gasteiger partial charge in [0.1, 0.15) is 5.82 Å². The normalized spacial score (nSPS) is 33.4. The van der Waals surface area contributed by atoms with Gasteiger partial charge in [-0.2, -0.15) is 0 Å². The van der Waals surface area contributed by atoms with Gasteiger partial charge in [0.25, 0.3) is 0 Å². The van der Waals surface area contributed by atoms with Gasteiger partial charge in [-0.05, 0) is 67.7 Å². The fourth-order valence-electron chi connectivity index (χ4n) is 5.62. The monoisotopic (exact) mass is 342 g/mol. The van der Waals surface area contributed by atoms with E-state index in [4.69, 9.17) is 0 Å². The van der Waals surface area contributed by atoms with E-state index < -0.39 is 0 Å². The van der Waals surface area contributed by atoms with Gasteiger partial charge >= 0.3 is 0 Å². The van der Waals surface area contributed by atoms with E-state index in [-0.39, 0.29) is 23.9 Å². The van der Waals surface area contributed by atoms with Crippen LogP contribution in [0.15, 0.2) is 24.4 Å². The molecule has 4 fully saturated rings. The zero-order valence-electron chi connectivity index (χ0n) is 14.1. The number of nitrogens with one attached hydrogen (secondary N) is 1. The number of rotatable bonds is 3. The number of amides is 1. The van der Waals surface area contributed by atoms with E-state index in [1.165, 1.54) is 12.1 Å². The van der Waals surface area contributed by atoms with E-state index in [2.05, 4.69) is 4.98 Å². The minimum Gasteiger partial charge on any atom is -0.391 e. The molecule has 6 rings (SSSR count). The van der Waals surface area contributed by atoms with Crippen LogP contribution < -0.4 is 0 Å². The quantitative estimate of drug-likeness (QED) is 0.901. The number of piperidine rings is 2. The van der Waals surface area contributed by atoms with E-state index in [1.807, 2.05) is 11.1 Å². The van der Waals surface area contributed by atoms with Gasteiger partial charge in [0.05, 0.1) is 12.1 Å². The van der Waals surface area contributed by atoms with Crippen LogP contribution in [-0.4, -0.2) is 39.1 Å². The molecular formula is C20H23FN2O2. The van der Waals surface area contributed by atoms with Gasteiger partial charge < -0.3 is 15.0 Å². The van der Waals surface area contributed by atoms with Gasteiger partial charge in [-0.25, -0.2) is 4.39 Å². The average molecular weight is 342 g/mol. The van der Waals surface area contributed by atoms with Crippen molar-refractivity contribution in [3.8, 4) is 0 Å². The number of aliphatic hydroxyl groups is 1. The van der Waals surface area contributed by atoms with Crippen molar-refractivity contribution in [2.24, 2.45) is 11.8 Å². The van der Waals surface area contributed by atoms with Crippen molar-refractivity contribution in [2.45, 2.75) is 56.7 Å². The Bertz CT molecular complexity index is 832. The molecule has 1 amide bonds. The summed E-state index contributed by atoms with van der Waals surface area (Å²) in [6.45, 7) is 0. The molecule has 4 aliphatic rings. The molecule has 2 aliphatic heterocycles. The lowest BCUT2D eigenvalue weighted by molar-refractivity contribution is -0.168. The lowest BCUT2D eigenvalue weighted by Gasteiger charge is -2.58. The zero-order valence-corrected chi connectivity index (χ0v) is 14.1. The molecule has 1 aromatic carbocycles. The smallest absolute Gasteiger partial charge is 0.223 e. The molecule has 0 radical (unpaired) electrons. The largest absolute Gasteiger partial charge is 0.391 e. The Hall–Kier alpha value is -1.88. The van der Waals surface area contributed by atoms with Crippen LogP contribution in [0.25, 0.3) is 10.9 Å². The van der Waals surface area contributed by atoms with Crippen molar-refractivity contribution in [3.63, 3.8) is 0 Å². The third kappa shape index (κ3) is 2.40. The van der Waals surface area contributed by atoms with E-state index >= 15 is 0 Å². The fourth-order valence-corrected chi connectivity index (χ4v) is 5.62. The number of aliphatic hydroxyl groups excluding tert-OH is 1. The number of aromatic amines is 1. The van der Waals surface area contributed by atoms with Gasteiger partial charge in [0.2, 0.25) is 5.91 Å². The van der Waals surface area contributed by atoms with Crippen molar-refractivity contribution >= 4 is 16.8 Å². The maximum Gasteiger partial charge on any atom is 0.223 e. The highest BCUT2D eigenvalue weighted by molar-refractivity contribution is 5.84. The Kier molecular flexibility index (Phi) is 3.42. The van der Waals surface area contributed by atoms with E-state index in [1.54, 1.807) is 6.07 Å².